The summed E-state index contributed by atoms with van der Waals surface area (Å²) in [5.74, 6) is 0.617. The quantitative estimate of drug-likeness (QED) is 0.886. The highest BCUT2D eigenvalue weighted by molar-refractivity contribution is 5.92. The zero-order valence-corrected chi connectivity index (χ0v) is 14.6. The van der Waals surface area contributed by atoms with E-state index in [0.29, 0.717) is 38.2 Å². The number of hydrogen-bond donors (Lipinski definition) is 1. The minimum atomic E-state index is -0.282. The minimum Gasteiger partial charge on any atom is -0.450 e. The van der Waals surface area contributed by atoms with Crippen LogP contribution in [-0.4, -0.2) is 65.7 Å². The number of carbonyl (C=O) groups excluding carboxylic acids is 2. The molecular formula is C17H25N5O3. The molecular weight excluding hydrogens is 322 g/mol. The second kappa shape index (κ2) is 8.13. The van der Waals surface area contributed by atoms with Crippen LogP contribution in [-0.2, 0) is 4.74 Å². The van der Waals surface area contributed by atoms with Crippen molar-refractivity contribution >= 4 is 17.8 Å². The van der Waals surface area contributed by atoms with Gasteiger partial charge in [-0.25, -0.2) is 14.8 Å². The number of amides is 2. The smallest absolute Gasteiger partial charge is 0.409 e. The Bertz CT molecular complexity index is 593. The number of aromatic nitrogens is 2. The highest BCUT2D eigenvalue weighted by Gasteiger charge is 2.25. The van der Waals surface area contributed by atoms with Crippen LogP contribution < -0.4 is 10.2 Å². The Kier molecular flexibility index (Phi) is 5.67. The number of hydrogen-bond acceptors (Lipinski definition) is 6. The molecule has 0 atom stereocenters. The molecule has 3 heterocycles. The van der Waals surface area contributed by atoms with Gasteiger partial charge in [-0.15, -0.1) is 0 Å². The summed E-state index contributed by atoms with van der Waals surface area (Å²) in [6, 6.07) is 0.0400. The van der Waals surface area contributed by atoms with E-state index in [-0.39, 0.29) is 18.0 Å². The van der Waals surface area contributed by atoms with Crippen molar-refractivity contribution in [1.82, 2.24) is 20.2 Å². The summed E-state index contributed by atoms with van der Waals surface area (Å²) in [7, 11) is 0. The van der Waals surface area contributed by atoms with Crippen LogP contribution in [0.25, 0.3) is 0 Å². The molecule has 8 nitrogen and oxygen atoms in total. The fourth-order valence-electron chi connectivity index (χ4n) is 3.23. The van der Waals surface area contributed by atoms with Crippen LogP contribution in [0.2, 0.25) is 0 Å². The van der Waals surface area contributed by atoms with Gasteiger partial charge >= 0.3 is 6.09 Å². The van der Waals surface area contributed by atoms with Gasteiger partial charge in [0.1, 0.15) is 11.5 Å². The highest BCUT2D eigenvalue weighted by atomic mass is 16.6. The van der Waals surface area contributed by atoms with Gasteiger partial charge in [-0.1, -0.05) is 0 Å². The van der Waals surface area contributed by atoms with Crippen molar-refractivity contribution < 1.29 is 14.3 Å². The third-order valence-electron chi connectivity index (χ3n) is 4.66. The molecule has 2 saturated heterocycles. The normalized spacial score (nSPS) is 18.3. The second-order valence-electron chi connectivity index (χ2n) is 6.39. The van der Waals surface area contributed by atoms with Gasteiger partial charge in [0.2, 0.25) is 0 Å². The lowest BCUT2D eigenvalue weighted by Crippen LogP contribution is -2.46. The van der Waals surface area contributed by atoms with Crippen molar-refractivity contribution in [3.63, 3.8) is 0 Å². The van der Waals surface area contributed by atoms with Crippen LogP contribution >= 0.6 is 0 Å². The molecule has 25 heavy (non-hydrogen) atoms. The molecule has 2 aliphatic heterocycles. The summed E-state index contributed by atoms with van der Waals surface area (Å²) < 4.78 is 5.00. The number of piperidine rings is 1. The van der Waals surface area contributed by atoms with Crippen LogP contribution in [0.15, 0.2) is 12.4 Å². The highest BCUT2D eigenvalue weighted by Crippen LogP contribution is 2.16. The van der Waals surface area contributed by atoms with Gasteiger partial charge in [0.25, 0.3) is 5.91 Å². The summed E-state index contributed by atoms with van der Waals surface area (Å²) in [6.45, 7) is 5.34. The molecule has 2 aliphatic rings. The van der Waals surface area contributed by atoms with Crippen molar-refractivity contribution in [2.24, 2.45) is 0 Å². The molecule has 136 valence electrons. The monoisotopic (exact) mass is 347 g/mol. The van der Waals surface area contributed by atoms with E-state index < -0.39 is 0 Å². The summed E-state index contributed by atoms with van der Waals surface area (Å²) in [5.41, 5.74) is 0.329. The first kappa shape index (κ1) is 17.4. The van der Waals surface area contributed by atoms with Crippen LogP contribution in [0, 0.1) is 0 Å². The second-order valence-corrected chi connectivity index (χ2v) is 6.39. The molecule has 1 aromatic rings. The molecule has 0 spiro atoms. The zero-order chi connectivity index (χ0) is 17.6. The van der Waals surface area contributed by atoms with E-state index in [1.54, 1.807) is 18.0 Å². The van der Waals surface area contributed by atoms with Gasteiger partial charge in [0.05, 0.1) is 19.0 Å². The topological polar surface area (TPSA) is 87.7 Å². The fraction of sp³-hybridized carbons (Fsp3) is 0.647. The maximum atomic E-state index is 12.3. The van der Waals surface area contributed by atoms with Crippen molar-refractivity contribution in [2.75, 3.05) is 37.7 Å². The Morgan fingerprint density at radius 3 is 2.48 bits per heavy atom. The van der Waals surface area contributed by atoms with Gasteiger partial charge in [-0.05, 0) is 32.6 Å². The molecule has 0 aliphatic carbocycles. The van der Waals surface area contributed by atoms with Crippen molar-refractivity contribution in [2.45, 2.75) is 38.6 Å². The van der Waals surface area contributed by atoms with E-state index in [4.69, 9.17) is 4.74 Å². The number of anilines is 1. The third-order valence-corrected chi connectivity index (χ3v) is 4.66. The molecule has 1 aromatic heterocycles. The Morgan fingerprint density at radius 1 is 1.16 bits per heavy atom. The Hall–Kier alpha value is -2.38. The van der Waals surface area contributed by atoms with Gasteiger partial charge in [-0.2, -0.15) is 0 Å². The number of ether oxygens (including phenoxy) is 1. The molecule has 0 radical (unpaired) electrons. The summed E-state index contributed by atoms with van der Waals surface area (Å²) in [6.07, 6.45) is 6.70. The van der Waals surface area contributed by atoms with Crippen molar-refractivity contribution in [1.29, 1.82) is 0 Å². The van der Waals surface area contributed by atoms with Crippen LogP contribution in [0.1, 0.15) is 43.1 Å². The number of likely N-dealkylation sites (tertiary alicyclic amines) is 1. The van der Waals surface area contributed by atoms with Crippen LogP contribution in [0.4, 0.5) is 10.6 Å². The summed E-state index contributed by atoms with van der Waals surface area (Å²) >= 11 is 0. The molecule has 2 amide bonds. The predicted molar refractivity (Wildman–Crippen MR) is 92.6 cm³/mol. The minimum absolute atomic E-state index is 0.0400. The maximum Gasteiger partial charge on any atom is 0.409 e. The Labute approximate surface area is 147 Å². The zero-order valence-electron chi connectivity index (χ0n) is 14.6. The Balaban J connectivity index is 1.48. The van der Waals surface area contributed by atoms with Gasteiger partial charge in [-0.3, -0.25) is 4.79 Å². The van der Waals surface area contributed by atoms with Crippen molar-refractivity contribution in [3.8, 4) is 0 Å². The molecule has 2 fully saturated rings. The lowest BCUT2D eigenvalue weighted by molar-refractivity contribution is 0.0856. The summed E-state index contributed by atoms with van der Waals surface area (Å²) in [5, 5.41) is 2.98. The summed E-state index contributed by atoms with van der Waals surface area (Å²) in [4.78, 5) is 36.5. The van der Waals surface area contributed by atoms with E-state index in [1.807, 2.05) is 0 Å². The first-order valence-electron chi connectivity index (χ1n) is 8.97. The lowest BCUT2D eigenvalue weighted by Gasteiger charge is -2.31. The Morgan fingerprint density at radius 2 is 1.88 bits per heavy atom. The average Bonchev–Trinajstić information content (AvgIpc) is 3.17. The van der Waals surface area contributed by atoms with Crippen LogP contribution in [0.5, 0.6) is 0 Å². The fourth-order valence-corrected chi connectivity index (χ4v) is 3.23. The first-order valence-corrected chi connectivity index (χ1v) is 8.97. The first-order chi connectivity index (χ1) is 12.2. The van der Waals surface area contributed by atoms with Crippen LogP contribution in [0.3, 0.4) is 0 Å². The van der Waals surface area contributed by atoms with Gasteiger partial charge < -0.3 is 19.9 Å². The third kappa shape index (κ3) is 4.37. The molecule has 3 rings (SSSR count). The predicted octanol–water partition coefficient (Wildman–Crippen LogP) is 1.43. The van der Waals surface area contributed by atoms with Crippen molar-refractivity contribution in [3.05, 3.63) is 18.1 Å². The van der Waals surface area contributed by atoms with E-state index in [2.05, 4.69) is 20.2 Å². The molecule has 0 unspecified atom stereocenters. The molecule has 1 N–H and O–H groups in total. The number of carbonyl (C=O) groups is 2. The standard InChI is InChI=1S/C17H25N5O3/c1-2-25-17(24)22-9-5-13(6-10-22)20-16(23)14-11-19-15(12-18-14)21-7-3-4-8-21/h11-13H,2-10H2,1H3,(H,20,23). The van der Waals surface area contributed by atoms with E-state index in [9.17, 15) is 9.59 Å². The molecule has 0 bridgehead atoms. The SMILES string of the molecule is CCOC(=O)N1CCC(NC(=O)c2cnc(N3CCCC3)cn2)CC1. The lowest BCUT2D eigenvalue weighted by atomic mass is 10.1. The van der Waals surface area contributed by atoms with E-state index >= 15 is 0 Å². The number of nitrogens with zero attached hydrogens (tertiary/aromatic N) is 4. The molecule has 8 heteroatoms. The maximum absolute atomic E-state index is 12.3. The molecule has 0 aromatic carbocycles. The average molecular weight is 347 g/mol. The van der Waals surface area contributed by atoms with Gasteiger partial charge in [0, 0.05) is 32.2 Å². The number of nitrogens with one attached hydrogen (secondary N) is 1. The van der Waals surface area contributed by atoms with E-state index in [0.717, 1.165) is 18.9 Å². The van der Waals surface area contributed by atoms with E-state index in [1.165, 1.54) is 19.0 Å². The molecule has 0 saturated carbocycles. The van der Waals surface area contributed by atoms with Gasteiger partial charge in [0.15, 0.2) is 0 Å². The number of rotatable bonds is 4. The largest absolute Gasteiger partial charge is 0.450 e.